The number of rotatable bonds is 21. The van der Waals surface area contributed by atoms with E-state index in [1.165, 1.54) is 76.8 Å². The summed E-state index contributed by atoms with van der Waals surface area (Å²) in [7, 11) is 0. The second kappa shape index (κ2) is 20.0. The van der Waals surface area contributed by atoms with E-state index in [0.717, 1.165) is 24.8 Å². The Morgan fingerprint density at radius 1 is 0.865 bits per heavy atom. The Balaban J connectivity index is 2.25. The van der Waals surface area contributed by atoms with E-state index in [1.807, 2.05) is 11.5 Å². The lowest BCUT2D eigenvalue weighted by molar-refractivity contribution is -0.148. The van der Waals surface area contributed by atoms with Gasteiger partial charge in [0.05, 0.1) is 12.8 Å². The van der Waals surface area contributed by atoms with Crippen molar-refractivity contribution in [3.63, 3.8) is 0 Å². The van der Waals surface area contributed by atoms with Crippen molar-refractivity contribution in [2.24, 2.45) is 5.10 Å². The standard InChI is InChI=1S/C28H48N2O7/c1-2-3-4-5-6-7-8-9-10-11-12-13-14-15-21-16-17-22(23(32)18-21)19-29-30-28(37)27(36)26(35)25(34)24(33)20-31/h16-19,24-27,31-36H,2-15,20H2,1H3,(H,30,37)/b29-19+/t24-,25-,26+,27-/m1/s1. The van der Waals surface area contributed by atoms with E-state index in [0.29, 0.717) is 5.56 Å². The highest BCUT2D eigenvalue weighted by molar-refractivity contribution is 5.86. The summed E-state index contributed by atoms with van der Waals surface area (Å²) in [4.78, 5) is 11.9. The molecule has 1 aromatic rings. The van der Waals surface area contributed by atoms with Crippen molar-refractivity contribution in [3.05, 3.63) is 29.3 Å². The van der Waals surface area contributed by atoms with Crippen LogP contribution in [0.15, 0.2) is 23.3 Å². The molecule has 1 rings (SSSR count). The number of phenols is 1. The maximum absolute atomic E-state index is 11.9. The molecule has 0 aliphatic carbocycles. The van der Waals surface area contributed by atoms with Crippen LogP contribution < -0.4 is 5.43 Å². The Labute approximate surface area is 221 Å². The van der Waals surface area contributed by atoms with Crippen molar-refractivity contribution in [2.45, 2.75) is 121 Å². The SMILES string of the molecule is CCCCCCCCCCCCCCCc1ccc(/C=N/NC(=O)[C@H](O)[C@@H](O)[C@H](O)[C@H](O)CO)c(O)c1. The number of aliphatic hydroxyl groups excluding tert-OH is 5. The molecule has 0 aliphatic rings. The minimum absolute atomic E-state index is 0.00673. The van der Waals surface area contributed by atoms with Gasteiger partial charge < -0.3 is 30.6 Å². The lowest BCUT2D eigenvalue weighted by atomic mass is 10.0. The number of phenolic OH excluding ortho intramolecular Hbond substituents is 1. The molecule has 0 spiro atoms. The van der Waals surface area contributed by atoms with Crippen LogP contribution in [-0.4, -0.2) is 73.8 Å². The Morgan fingerprint density at radius 2 is 1.41 bits per heavy atom. The third-order valence-electron chi connectivity index (χ3n) is 6.57. The van der Waals surface area contributed by atoms with Crippen molar-refractivity contribution in [1.29, 1.82) is 0 Å². The van der Waals surface area contributed by atoms with E-state index >= 15 is 0 Å². The molecule has 0 heterocycles. The fourth-order valence-corrected chi connectivity index (χ4v) is 4.11. The maximum Gasteiger partial charge on any atom is 0.271 e. The topological polar surface area (TPSA) is 163 Å². The maximum atomic E-state index is 11.9. The van der Waals surface area contributed by atoms with Crippen LogP contribution in [0.1, 0.15) is 102 Å². The van der Waals surface area contributed by atoms with Crippen molar-refractivity contribution in [2.75, 3.05) is 6.61 Å². The van der Waals surface area contributed by atoms with Gasteiger partial charge in [0.1, 0.15) is 24.1 Å². The Morgan fingerprint density at radius 3 is 1.92 bits per heavy atom. The van der Waals surface area contributed by atoms with E-state index in [-0.39, 0.29) is 5.75 Å². The number of nitrogens with one attached hydrogen (secondary N) is 1. The molecule has 4 atom stereocenters. The zero-order chi connectivity index (χ0) is 27.5. The van der Waals surface area contributed by atoms with Gasteiger partial charge in [-0.25, -0.2) is 5.43 Å². The number of amides is 1. The number of nitrogens with zero attached hydrogens (tertiary/aromatic N) is 1. The van der Waals surface area contributed by atoms with Gasteiger partial charge in [-0.05, 0) is 30.5 Å². The number of aromatic hydroxyl groups is 1. The van der Waals surface area contributed by atoms with Crippen LogP contribution in [0.5, 0.6) is 5.75 Å². The van der Waals surface area contributed by atoms with E-state index in [1.54, 1.807) is 12.1 Å². The van der Waals surface area contributed by atoms with Gasteiger partial charge in [-0.15, -0.1) is 0 Å². The number of unbranched alkanes of at least 4 members (excludes halogenated alkanes) is 12. The van der Waals surface area contributed by atoms with Crippen LogP contribution in [0.25, 0.3) is 0 Å². The highest BCUT2D eigenvalue weighted by Crippen LogP contribution is 2.19. The number of aryl methyl sites for hydroxylation is 1. The zero-order valence-corrected chi connectivity index (χ0v) is 22.3. The molecule has 37 heavy (non-hydrogen) atoms. The summed E-state index contributed by atoms with van der Waals surface area (Å²) >= 11 is 0. The lowest BCUT2D eigenvalue weighted by Crippen LogP contribution is -2.50. The van der Waals surface area contributed by atoms with Crippen molar-refractivity contribution >= 4 is 12.1 Å². The molecule has 0 saturated heterocycles. The third kappa shape index (κ3) is 13.9. The minimum Gasteiger partial charge on any atom is -0.507 e. The molecule has 0 radical (unpaired) electrons. The van der Waals surface area contributed by atoms with Crippen LogP contribution in [-0.2, 0) is 11.2 Å². The van der Waals surface area contributed by atoms with E-state index in [2.05, 4.69) is 12.0 Å². The molecule has 9 heteroatoms. The van der Waals surface area contributed by atoms with E-state index in [9.17, 15) is 30.3 Å². The van der Waals surface area contributed by atoms with E-state index in [4.69, 9.17) is 5.11 Å². The predicted octanol–water partition coefficient (Wildman–Crippen LogP) is 2.91. The zero-order valence-electron chi connectivity index (χ0n) is 22.3. The summed E-state index contributed by atoms with van der Waals surface area (Å²) in [5.74, 6) is -1.11. The summed E-state index contributed by atoms with van der Waals surface area (Å²) in [5.41, 5.74) is 3.37. The summed E-state index contributed by atoms with van der Waals surface area (Å²) in [6.45, 7) is 1.40. The van der Waals surface area contributed by atoms with Crippen molar-refractivity contribution < 1.29 is 35.4 Å². The number of hydrogen-bond acceptors (Lipinski definition) is 8. The molecule has 0 bridgehead atoms. The quantitative estimate of drug-likeness (QED) is 0.0738. The van der Waals surface area contributed by atoms with Gasteiger partial charge >= 0.3 is 0 Å². The van der Waals surface area contributed by atoms with Crippen LogP contribution in [0.3, 0.4) is 0 Å². The molecule has 7 N–H and O–H groups in total. The number of hydrogen-bond donors (Lipinski definition) is 7. The molecular formula is C28H48N2O7. The van der Waals surface area contributed by atoms with Gasteiger partial charge in [0.15, 0.2) is 6.10 Å². The van der Waals surface area contributed by atoms with Crippen LogP contribution >= 0.6 is 0 Å². The molecular weight excluding hydrogens is 476 g/mol. The highest BCUT2D eigenvalue weighted by atomic mass is 16.4. The van der Waals surface area contributed by atoms with Gasteiger partial charge in [-0.3, -0.25) is 4.79 Å². The molecule has 1 aromatic carbocycles. The smallest absolute Gasteiger partial charge is 0.271 e. The van der Waals surface area contributed by atoms with Gasteiger partial charge in [-0.2, -0.15) is 5.10 Å². The Bertz CT molecular complexity index is 775. The number of carbonyl (C=O) groups is 1. The monoisotopic (exact) mass is 524 g/mol. The first kappa shape index (κ1) is 33.0. The summed E-state index contributed by atoms with van der Waals surface area (Å²) in [6, 6.07) is 5.22. The summed E-state index contributed by atoms with van der Waals surface area (Å²) in [6.07, 6.45) is 11.2. The van der Waals surface area contributed by atoms with Crippen LogP contribution in [0, 0.1) is 0 Å². The first-order chi connectivity index (χ1) is 17.8. The largest absolute Gasteiger partial charge is 0.507 e. The second-order valence-corrected chi connectivity index (χ2v) is 9.80. The van der Waals surface area contributed by atoms with Gasteiger partial charge in [0.2, 0.25) is 0 Å². The van der Waals surface area contributed by atoms with Crippen LogP contribution in [0.2, 0.25) is 0 Å². The molecule has 0 aliphatic heterocycles. The molecule has 0 unspecified atom stereocenters. The molecule has 0 fully saturated rings. The fourth-order valence-electron chi connectivity index (χ4n) is 4.11. The first-order valence-corrected chi connectivity index (χ1v) is 13.8. The molecule has 212 valence electrons. The van der Waals surface area contributed by atoms with Crippen molar-refractivity contribution in [3.8, 4) is 5.75 Å². The average Bonchev–Trinajstić information content (AvgIpc) is 2.90. The van der Waals surface area contributed by atoms with Gasteiger partial charge in [0.25, 0.3) is 5.91 Å². The Kier molecular flexibility index (Phi) is 17.8. The van der Waals surface area contributed by atoms with Gasteiger partial charge in [-0.1, -0.05) is 90.0 Å². The number of carbonyl (C=O) groups excluding carboxylic acids is 1. The second-order valence-electron chi connectivity index (χ2n) is 9.80. The minimum atomic E-state index is -2.08. The van der Waals surface area contributed by atoms with Crippen molar-refractivity contribution in [1.82, 2.24) is 5.43 Å². The molecule has 1 amide bonds. The number of benzene rings is 1. The van der Waals surface area contributed by atoms with Gasteiger partial charge in [0, 0.05) is 5.56 Å². The summed E-state index contributed by atoms with van der Waals surface area (Å²) in [5, 5.41) is 61.0. The number of aliphatic hydroxyl groups is 5. The normalized spacial score (nSPS) is 15.0. The lowest BCUT2D eigenvalue weighted by Gasteiger charge is -2.24. The first-order valence-electron chi connectivity index (χ1n) is 13.8. The molecule has 0 saturated carbocycles. The predicted molar refractivity (Wildman–Crippen MR) is 144 cm³/mol. The molecule has 9 nitrogen and oxygen atoms in total. The Hall–Kier alpha value is -2.04. The highest BCUT2D eigenvalue weighted by Gasteiger charge is 2.34. The number of hydrazone groups is 1. The van der Waals surface area contributed by atoms with E-state index < -0.39 is 36.9 Å². The van der Waals surface area contributed by atoms with Crippen LogP contribution in [0.4, 0.5) is 0 Å². The third-order valence-corrected chi connectivity index (χ3v) is 6.57. The summed E-state index contributed by atoms with van der Waals surface area (Å²) < 4.78 is 0. The fraction of sp³-hybridized carbons (Fsp3) is 0.714. The average molecular weight is 525 g/mol. The molecule has 0 aromatic heterocycles.